The average Bonchev–Trinajstić information content (AvgIpc) is 3.12. The Kier molecular flexibility index (Phi) is 7.84. The minimum Gasteiger partial charge on any atom is -0.479 e. The topological polar surface area (TPSA) is 114 Å². The lowest BCUT2D eigenvalue weighted by atomic mass is 9.98. The second-order valence-electron chi connectivity index (χ2n) is 7.09. The first-order chi connectivity index (χ1) is 15.5. The molecule has 32 heavy (non-hydrogen) atoms. The zero-order valence-electron chi connectivity index (χ0n) is 17.6. The Morgan fingerprint density at radius 1 is 1.03 bits per heavy atom. The van der Waals surface area contributed by atoms with Gasteiger partial charge in [0.05, 0.1) is 6.54 Å². The van der Waals surface area contributed by atoms with Crippen molar-refractivity contribution >= 4 is 18.0 Å². The number of alkyl carbamates (subject to hydrolysis) is 1. The first-order valence-corrected chi connectivity index (χ1v) is 10.1. The van der Waals surface area contributed by atoms with Gasteiger partial charge in [-0.05, 0) is 28.2 Å². The van der Waals surface area contributed by atoms with E-state index < -0.39 is 24.1 Å². The van der Waals surface area contributed by atoms with Crippen molar-refractivity contribution in [2.45, 2.75) is 18.4 Å². The SMILES string of the molecule is COC(CCNC(=O)C#CCNC(=O)OCC1c2ccccc2-c2ccccc21)C(=O)O. The van der Waals surface area contributed by atoms with E-state index in [0.29, 0.717) is 0 Å². The third kappa shape index (κ3) is 5.65. The van der Waals surface area contributed by atoms with E-state index in [9.17, 15) is 14.4 Å². The largest absolute Gasteiger partial charge is 0.479 e. The molecular formula is C24H24N2O6. The van der Waals surface area contributed by atoms with Crippen molar-refractivity contribution in [1.82, 2.24) is 10.6 Å². The van der Waals surface area contributed by atoms with Crippen LogP contribution >= 0.6 is 0 Å². The molecule has 0 aliphatic heterocycles. The van der Waals surface area contributed by atoms with Crippen LogP contribution in [-0.2, 0) is 19.1 Å². The highest BCUT2D eigenvalue weighted by Gasteiger charge is 2.28. The molecular weight excluding hydrogens is 412 g/mol. The molecule has 166 valence electrons. The maximum Gasteiger partial charge on any atom is 0.407 e. The number of carbonyl (C=O) groups excluding carboxylic acids is 2. The van der Waals surface area contributed by atoms with Gasteiger partial charge in [-0.3, -0.25) is 4.79 Å². The summed E-state index contributed by atoms with van der Waals surface area (Å²) in [6.45, 7) is 0.246. The molecule has 0 aromatic heterocycles. The van der Waals surface area contributed by atoms with Gasteiger partial charge in [-0.15, -0.1) is 0 Å². The monoisotopic (exact) mass is 436 g/mol. The maximum atomic E-state index is 12.0. The predicted molar refractivity (Wildman–Crippen MR) is 117 cm³/mol. The predicted octanol–water partition coefficient (Wildman–Crippen LogP) is 2.13. The van der Waals surface area contributed by atoms with E-state index in [0.717, 1.165) is 22.3 Å². The lowest BCUT2D eigenvalue weighted by Gasteiger charge is -2.14. The van der Waals surface area contributed by atoms with Crippen LogP contribution in [0.3, 0.4) is 0 Å². The molecule has 1 atom stereocenters. The summed E-state index contributed by atoms with van der Waals surface area (Å²) in [5.74, 6) is 3.15. The van der Waals surface area contributed by atoms with Crippen LogP contribution in [0.15, 0.2) is 48.5 Å². The van der Waals surface area contributed by atoms with E-state index in [1.54, 1.807) is 0 Å². The Bertz CT molecular complexity index is 1010. The molecule has 1 unspecified atom stereocenters. The van der Waals surface area contributed by atoms with Crippen molar-refractivity contribution in [1.29, 1.82) is 0 Å². The number of amides is 2. The Labute approximate surface area is 185 Å². The van der Waals surface area contributed by atoms with Crippen LogP contribution in [0.5, 0.6) is 0 Å². The molecule has 2 aromatic carbocycles. The summed E-state index contributed by atoms with van der Waals surface area (Å²) in [4.78, 5) is 34.5. The first kappa shape index (κ1) is 22.8. The molecule has 3 rings (SSSR count). The van der Waals surface area contributed by atoms with Gasteiger partial charge in [0.25, 0.3) is 5.91 Å². The average molecular weight is 436 g/mol. The molecule has 0 heterocycles. The summed E-state index contributed by atoms with van der Waals surface area (Å²) in [6.07, 6.45) is -1.48. The molecule has 8 nitrogen and oxygen atoms in total. The van der Waals surface area contributed by atoms with Crippen LogP contribution in [0.1, 0.15) is 23.5 Å². The molecule has 0 spiro atoms. The fourth-order valence-corrected chi connectivity index (χ4v) is 3.59. The van der Waals surface area contributed by atoms with Crippen LogP contribution in [-0.4, -0.2) is 56.0 Å². The lowest BCUT2D eigenvalue weighted by Crippen LogP contribution is -2.30. The van der Waals surface area contributed by atoms with Crippen molar-refractivity contribution < 1.29 is 29.0 Å². The molecule has 2 amide bonds. The van der Waals surface area contributed by atoms with Gasteiger partial charge in [0.1, 0.15) is 6.61 Å². The van der Waals surface area contributed by atoms with Crippen molar-refractivity contribution in [3.63, 3.8) is 0 Å². The molecule has 0 radical (unpaired) electrons. The third-order valence-corrected chi connectivity index (χ3v) is 5.12. The van der Waals surface area contributed by atoms with Crippen molar-refractivity contribution in [3.05, 3.63) is 59.7 Å². The van der Waals surface area contributed by atoms with E-state index in [1.807, 2.05) is 36.4 Å². The van der Waals surface area contributed by atoms with Crippen molar-refractivity contribution in [3.8, 4) is 23.0 Å². The fourth-order valence-electron chi connectivity index (χ4n) is 3.59. The van der Waals surface area contributed by atoms with E-state index >= 15 is 0 Å². The second kappa shape index (κ2) is 11.0. The van der Waals surface area contributed by atoms with Crippen LogP contribution in [0.25, 0.3) is 11.1 Å². The zero-order chi connectivity index (χ0) is 22.9. The van der Waals surface area contributed by atoms with Gasteiger partial charge >= 0.3 is 12.1 Å². The quantitative estimate of drug-likeness (QED) is 0.547. The minimum atomic E-state index is -1.10. The third-order valence-electron chi connectivity index (χ3n) is 5.12. The van der Waals surface area contributed by atoms with Gasteiger partial charge in [0.15, 0.2) is 6.10 Å². The number of carboxylic acids is 1. The van der Waals surface area contributed by atoms with Crippen LogP contribution in [0.2, 0.25) is 0 Å². The summed E-state index contributed by atoms with van der Waals surface area (Å²) < 4.78 is 10.2. The Morgan fingerprint density at radius 3 is 2.25 bits per heavy atom. The Morgan fingerprint density at radius 2 is 1.66 bits per heavy atom. The number of fused-ring (bicyclic) bond motifs is 3. The van der Waals surface area contributed by atoms with E-state index in [-0.39, 0.29) is 32.0 Å². The van der Waals surface area contributed by atoms with Gasteiger partial charge in [0, 0.05) is 26.0 Å². The molecule has 3 N–H and O–H groups in total. The van der Waals surface area contributed by atoms with Gasteiger partial charge in [0.2, 0.25) is 0 Å². The highest BCUT2D eigenvalue weighted by Crippen LogP contribution is 2.44. The number of rotatable bonds is 8. The summed E-state index contributed by atoms with van der Waals surface area (Å²) in [5, 5.41) is 13.8. The molecule has 1 aliphatic rings. The van der Waals surface area contributed by atoms with Gasteiger partial charge in [-0.25, -0.2) is 9.59 Å². The van der Waals surface area contributed by atoms with E-state index in [1.165, 1.54) is 7.11 Å². The van der Waals surface area contributed by atoms with Gasteiger partial charge in [-0.2, -0.15) is 0 Å². The molecule has 1 aliphatic carbocycles. The van der Waals surface area contributed by atoms with Crippen molar-refractivity contribution in [2.24, 2.45) is 0 Å². The zero-order valence-corrected chi connectivity index (χ0v) is 17.6. The van der Waals surface area contributed by atoms with Crippen LogP contribution < -0.4 is 10.6 Å². The molecule has 0 saturated carbocycles. The number of methoxy groups -OCH3 is 1. The highest BCUT2D eigenvalue weighted by atomic mass is 16.5. The second-order valence-corrected chi connectivity index (χ2v) is 7.09. The maximum absolute atomic E-state index is 12.0. The number of nitrogens with one attached hydrogen (secondary N) is 2. The number of benzene rings is 2. The van der Waals surface area contributed by atoms with Crippen LogP contribution in [0, 0.1) is 11.8 Å². The molecule has 0 bridgehead atoms. The number of carboxylic acid groups (broad SMARTS) is 1. The molecule has 2 aromatic rings. The standard InChI is InChI=1S/C24H24N2O6/c1-31-21(23(28)29)12-14-25-22(27)11-6-13-26-24(30)32-15-20-18-9-4-2-7-16(18)17-8-3-5-10-19(17)20/h2-5,7-10,20-21H,12-15H2,1H3,(H,25,27)(H,26,30)(H,28,29). The number of carbonyl (C=O) groups is 3. The summed E-state index contributed by atoms with van der Waals surface area (Å²) in [6, 6.07) is 16.1. The number of hydrogen-bond acceptors (Lipinski definition) is 5. The summed E-state index contributed by atoms with van der Waals surface area (Å²) >= 11 is 0. The fraction of sp³-hybridized carbons (Fsp3) is 0.292. The van der Waals surface area contributed by atoms with E-state index in [2.05, 4.69) is 34.6 Å². The minimum absolute atomic E-state index is 0.0354. The Balaban J connectivity index is 1.42. The smallest absolute Gasteiger partial charge is 0.407 e. The van der Waals surface area contributed by atoms with Gasteiger partial charge in [-0.1, -0.05) is 54.5 Å². The number of hydrogen-bond donors (Lipinski definition) is 3. The first-order valence-electron chi connectivity index (χ1n) is 10.1. The van der Waals surface area contributed by atoms with Gasteiger partial charge < -0.3 is 25.2 Å². The lowest BCUT2D eigenvalue weighted by molar-refractivity contribution is -0.148. The normalized spacial score (nSPS) is 12.5. The number of ether oxygens (including phenoxy) is 2. The summed E-state index contributed by atoms with van der Waals surface area (Å²) in [7, 11) is 1.29. The summed E-state index contributed by atoms with van der Waals surface area (Å²) in [5.41, 5.74) is 4.54. The molecule has 8 heteroatoms. The van der Waals surface area contributed by atoms with Crippen LogP contribution in [0.4, 0.5) is 4.79 Å². The Hall–Kier alpha value is -3.83. The van der Waals surface area contributed by atoms with Crippen molar-refractivity contribution in [2.75, 3.05) is 26.8 Å². The molecule has 0 fully saturated rings. The number of aliphatic carboxylic acids is 1. The molecule has 0 saturated heterocycles. The highest BCUT2D eigenvalue weighted by molar-refractivity contribution is 5.93. The van der Waals surface area contributed by atoms with E-state index in [4.69, 9.17) is 14.6 Å².